The molecule has 0 aliphatic rings. The van der Waals surface area contributed by atoms with Crippen LogP contribution in [0.4, 0.5) is 13.2 Å². The molecule has 0 heterocycles. The van der Waals surface area contributed by atoms with Crippen LogP contribution in [-0.2, 0) is 15.8 Å². The van der Waals surface area contributed by atoms with Gasteiger partial charge in [-0.15, -0.1) is 0 Å². The molecule has 0 bridgehead atoms. The van der Waals surface area contributed by atoms with E-state index in [4.69, 9.17) is 5.11 Å². The Morgan fingerprint density at radius 1 is 1.14 bits per heavy atom. The summed E-state index contributed by atoms with van der Waals surface area (Å²) in [6, 6.07) is 4.17. The SMILES string of the molecule is CC(CC(=O)O)NC(=O)CC(C)c1ccc(C(F)(F)F)cc1. The van der Waals surface area contributed by atoms with E-state index in [1.54, 1.807) is 13.8 Å². The van der Waals surface area contributed by atoms with Crippen LogP contribution in [0, 0.1) is 0 Å². The number of aliphatic carboxylic acids is 1. The molecule has 7 heteroatoms. The predicted molar refractivity (Wildman–Crippen MR) is 74.3 cm³/mol. The van der Waals surface area contributed by atoms with E-state index in [2.05, 4.69) is 5.32 Å². The summed E-state index contributed by atoms with van der Waals surface area (Å²) < 4.78 is 37.4. The summed E-state index contributed by atoms with van der Waals surface area (Å²) in [5, 5.41) is 11.2. The molecule has 1 amide bonds. The van der Waals surface area contributed by atoms with E-state index in [0.29, 0.717) is 5.56 Å². The summed E-state index contributed by atoms with van der Waals surface area (Å²) in [5.74, 6) is -1.61. The summed E-state index contributed by atoms with van der Waals surface area (Å²) >= 11 is 0. The fourth-order valence-corrected chi connectivity index (χ4v) is 2.04. The maximum absolute atomic E-state index is 12.5. The van der Waals surface area contributed by atoms with Crippen molar-refractivity contribution in [2.75, 3.05) is 0 Å². The minimum absolute atomic E-state index is 0.0787. The molecule has 0 aromatic heterocycles. The molecule has 22 heavy (non-hydrogen) atoms. The summed E-state index contributed by atoms with van der Waals surface area (Å²) in [6.07, 6.45) is -4.48. The van der Waals surface area contributed by atoms with Crippen LogP contribution in [0.1, 0.15) is 43.7 Å². The molecule has 0 spiro atoms. The van der Waals surface area contributed by atoms with Gasteiger partial charge in [-0.2, -0.15) is 13.2 Å². The van der Waals surface area contributed by atoms with Crippen molar-refractivity contribution in [3.63, 3.8) is 0 Å². The molecular formula is C15H18F3NO3. The van der Waals surface area contributed by atoms with Crippen LogP contribution in [0.25, 0.3) is 0 Å². The highest BCUT2D eigenvalue weighted by molar-refractivity contribution is 5.78. The number of carboxylic acid groups (broad SMARTS) is 1. The molecule has 2 unspecified atom stereocenters. The largest absolute Gasteiger partial charge is 0.481 e. The first kappa shape index (κ1) is 18.0. The molecule has 0 radical (unpaired) electrons. The van der Waals surface area contributed by atoms with E-state index in [-0.39, 0.29) is 24.7 Å². The third kappa shape index (κ3) is 5.75. The lowest BCUT2D eigenvalue weighted by molar-refractivity contribution is -0.138. The van der Waals surface area contributed by atoms with Crippen LogP contribution < -0.4 is 5.32 Å². The average Bonchev–Trinajstić information content (AvgIpc) is 2.36. The zero-order chi connectivity index (χ0) is 16.9. The molecule has 1 aromatic rings. The van der Waals surface area contributed by atoms with Gasteiger partial charge in [-0.25, -0.2) is 0 Å². The first-order chi connectivity index (χ1) is 10.1. The van der Waals surface area contributed by atoms with Gasteiger partial charge in [0.05, 0.1) is 12.0 Å². The number of halogens is 3. The van der Waals surface area contributed by atoms with E-state index in [0.717, 1.165) is 12.1 Å². The number of carbonyl (C=O) groups is 2. The average molecular weight is 317 g/mol. The highest BCUT2D eigenvalue weighted by Crippen LogP contribution is 2.30. The van der Waals surface area contributed by atoms with Gasteiger partial charge in [-0.3, -0.25) is 9.59 Å². The second kappa shape index (κ2) is 7.29. The smallest absolute Gasteiger partial charge is 0.416 e. The lowest BCUT2D eigenvalue weighted by Crippen LogP contribution is -2.34. The Balaban J connectivity index is 2.59. The number of alkyl halides is 3. The second-order valence-corrected chi connectivity index (χ2v) is 5.29. The number of rotatable bonds is 6. The van der Waals surface area contributed by atoms with Crippen molar-refractivity contribution in [1.29, 1.82) is 0 Å². The van der Waals surface area contributed by atoms with Crippen molar-refractivity contribution < 1.29 is 27.9 Å². The Bertz CT molecular complexity index is 526. The summed E-state index contributed by atoms with van der Waals surface area (Å²) in [4.78, 5) is 22.3. The monoisotopic (exact) mass is 317 g/mol. The molecule has 0 saturated heterocycles. The van der Waals surface area contributed by atoms with E-state index < -0.39 is 23.8 Å². The van der Waals surface area contributed by atoms with Crippen molar-refractivity contribution in [3.05, 3.63) is 35.4 Å². The van der Waals surface area contributed by atoms with Crippen molar-refractivity contribution in [1.82, 2.24) is 5.32 Å². The minimum Gasteiger partial charge on any atom is -0.481 e. The molecule has 0 saturated carbocycles. The van der Waals surface area contributed by atoms with Crippen molar-refractivity contribution >= 4 is 11.9 Å². The first-order valence-corrected chi connectivity index (χ1v) is 6.78. The highest BCUT2D eigenvalue weighted by atomic mass is 19.4. The molecule has 1 aromatic carbocycles. The number of amides is 1. The van der Waals surface area contributed by atoms with Crippen LogP contribution >= 0.6 is 0 Å². The van der Waals surface area contributed by atoms with E-state index in [1.165, 1.54) is 12.1 Å². The molecule has 1 rings (SSSR count). The quantitative estimate of drug-likeness (QED) is 0.847. The van der Waals surface area contributed by atoms with Gasteiger partial charge in [0.2, 0.25) is 5.91 Å². The highest BCUT2D eigenvalue weighted by Gasteiger charge is 2.30. The maximum atomic E-state index is 12.5. The normalized spacial score (nSPS) is 14.2. The van der Waals surface area contributed by atoms with Crippen molar-refractivity contribution in [2.45, 2.75) is 44.8 Å². The third-order valence-electron chi connectivity index (χ3n) is 3.19. The number of hydrogen-bond donors (Lipinski definition) is 2. The van der Waals surface area contributed by atoms with Crippen molar-refractivity contribution in [3.8, 4) is 0 Å². The van der Waals surface area contributed by atoms with Crippen LogP contribution in [-0.4, -0.2) is 23.0 Å². The van der Waals surface area contributed by atoms with Gasteiger partial charge in [0, 0.05) is 12.5 Å². The lowest BCUT2D eigenvalue weighted by atomic mass is 9.96. The Morgan fingerprint density at radius 2 is 1.68 bits per heavy atom. The van der Waals surface area contributed by atoms with Crippen LogP contribution in [0.2, 0.25) is 0 Å². The Kier molecular flexibility index (Phi) is 5.96. The Labute approximate surface area is 126 Å². The number of nitrogens with one attached hydrogen (secondary N) is 1. The molecule has 2 atom stereocenters. The molecular weight excluding hydrogens is 299 g/mol. The summed E-state index contributed by atoms with van der Waals surface area (Å²) in [7, 11) is 0. The second-order valence-electron chi connectivity index (χ2n) is 5.29. The number of carboxylic acids is 1. The molecule has 122 valence electrons. The zero-order valence-electron chi connectivity index (χ0n) is 12.3. The molecule has 2 N–H and O–H groups in total. The standard InChI is InChI=1S/C15H18F3NO3/c1-9(7-13(20)19-10(2)8-14(21)22)11-3-5-12(6-4-11)15(16,17)18/h3-6,9-10H,7-8H2,1-2H3,(H,19,20)(H,21,22). The molecule has 0 fully saturated rings. The van der Waals surface area contributed by atoms with Gasteiger partial charge in [0.15, 0.2) is 0 Å². The fourth-order valence-electron chi connectivity index (χ4n) is 2.04. The van der Waals surface area contributed by atoms with Gasteiger partial charge in [0.25, 0.3) is 0 Å². The van der Waals surface area contributed by atoms with Crippen LogP contribution in [0.15, 0.2) is 24.3 Å². The van der Waals surface area contributed by atoms with E-state index in [9.17, 15) is 22.8 Å². The zero-order valence-corrected chi connectivity index (χ0v) is 12.3. The van der Waals surface area contributed by atoms with Crippen LogP contribution in [0.3, 0.4) is 0 Å². The topological polar surface area (TPSA) is 66.4 Å². The molecule has 0 aliphatic carbocycles. The predicted octanol–water partition coefficient (Wildman–Crippen LogP) is 3.18. The third-order valence-corrected chi connectivity index (χ3v) is 3.19. The lowest BCUT2D eigenvalue weighted by Gasteiger charge is -2.16. The summed E-state index contributed by atoms with van der Waals surface area (Å²) in [6.45, 7) is 3.30. The Morgan fingerprint density at radius 3 is 2.14 bits per heavy atom. The van der Waals surface area contributed by atoms with E-state index in [1.807, 2.05) is 0 Å². The van der Waals surface area contributed by atoms with Crippen molar-refractivity contribution in [2.24, 2.45) is 0 Å². The first-order valence-electron chi connectivity index (χ1n) is 6.78. The number of carbonyl (C=O) groups excluding carboxylic acids is 1. The van der Waals surface area contributed by atoms with Gasteiger partial charge >= 0.3 is 12.1 Å². The van der Waals surface area contributed by atoms with E-state index >= 15 is 0 Å². The molecule has 0 aliphatic heterocycles. The fraction of sp³-hybridized carbons (Fsp3) is 0.467. The van der Waals surface area contributed by atoms with Gasteiger partial charge in [0.1, 0.15) is 0 Å². The van der Waals surface area contributed by atoms with Gasteiger partial charge < -0.3 is 10.4 Å². The van der Waals surface area contributed by atoms with Gasteiger partial charge in [-0.05, 0) is 30.5 Å². The number of hydrogen-bond acceptors (Lipinski definition) is 2. The summed E-state index contributed by atoms with van der Waals surface area (Å²) in [5.41, 5.74) is -0.114. The minimum atomic E-state index is -4.38. The number of benzene rings is 1. The van der Waals surface area contributed by atoms with Crippen LogP contribution in [0.5, 0.6) is 0 Å². The maximum Gasteiger partial charge on any atom is 0.416 e. The Hall–Kier alpha value is -2.05. The molecule has 4 nitrogen and oxygen atoms in total. The van der Waals surface area contributed by atoms with Gasteiger partial charge in [-0.1, -0.05) is 19.1 Å².